The summed E-state index contributed by atoms with van der Waals surface area (Å²) in [4.78, 5) is 19.2. The van der Waals surface area contributed by atoms with Gasteiger partial charge < -0.3 is 9.32 Å². The zero-order valence-electron chi connectivity index (χ0n) is 17.8. The van der Waals surface area contributed by atoms with Crippen LogP contribution >= 0.6 is 0 Å². The molecule has 0 saturated carbocycles. The predicted molar refractivity (Wildman–Crippen MR) is 118 cm³/mol. The van der Waals surface area contributed by atoms with Crippen molar-refractivity contribution in [1.82, 2.24) is 20.1 Å². The van der Waals surface area contributed by atoms with Crippen LogP contribution in [0, 0.1) is 11.6 Å². The highest BCUT2D eigenvalue weighted by Gasteiger charge is 2.29. The summed E-state index contributed by atoms with van der Waals surface area (Å²) < 4.78 is 33.1. The molecule has 0 spiro atoms. The molecule has 1 fully saturated rings. The number of amides is 1. The number of H-pyrrole nitrogens is 1. The van der Waals surface area contributed by atoms with E-state index in [-0.39, 0.29) is 23.5 Å². The van der Waals surface area contributed by atoms with Gasteiger partial charge in [0, 0.05) is 25.1 Å². The molecule has 33 heavy (non-hydrogen) atoms. The van der Waals surface area contributed by atoms with Crippen LogP contribution in [0.25, 0.3) is 11.3 Å². The van der Waals surface area contributed by atoms with E-state index in [4.69, 9.17) is 4.42 Å². The van der Waals surface area contributed by atoms with E-state index in [1.807, 2.05) is 0 Å². The first-order valence-electron chi connectivity index (χ1n) is 10.9. The molecule has 5 rings (SSSR count). The van der Waals surface area contributed by atoms with Gasteiger partial charge in [-0.25, -0.2) is 13.8 Å². The van der Waals surface area contributed by atoms with E-state index < -0.39 is 0 Å². The van der Waals surface area contributed by atoms with E-state index in [0.29, 0.717) is 48.1 Å². The highest BCUT2D eigenvalue weighted by Crippen LogP contribution is 2.29. The third-order valence-corrected chi connectivity index (χ3v) is 5.88. The maximum Gasteiger partial charge on any atom is 0.271 e. The minimum atomic E-state index is -0.388. The molecule has 168 valence electrons. The van der Waals surface area contributed by atoms with Crippen molar-refractivity contribution in [3.63, 3.8) is 0 Å². The van der Waals surface area contributed by atoms with Crippen molar-refractivity contribution in [2.24, 2.45) is 0 Å². The molecular formula is C25H22F2N4O2. The number of rotatable bonds is 5. The topological polar surface area (TPSA) is 75.0 Å². The number of nitrogens with zero attached hydrogens (tertiary/aromatic N) is 3. The lowest BCUT2D eigenvalue weighted by atomic mass is 9.97. The Morgan fingerprint density at radius 3 is 2.79 bits per heavy atom. The van der Waals surface area contributed by atoms with Crippen molar-refractivity contribution in [3.8, 4) is 11.3 Å². The largest absolute Gasteiger partial charge is 0.445 e. The number of piperidine rings is 1. The first-order valence-corrected chi connectivity index (χ1v) is 10.9. The summed E-state index contributed by atoms with van der Waals surface area (Å²) >= 11 is 0. The van der Waals surface area contributed by atoms with Crippen LogP contribution in [0.15, 0.2) is 65.2 Å². The quantitative estimate of drug-likeness (QED) is 0.469. The summed E-state index contributed by atoms with van der Waals surface area (Å²) in [6.45, 7) is 1.09. The molecule has 2 aromatic carbocycles. The number of benzene rings is 2. The third kappa shape index (κ3) is 4.55. The lowest BCUT2D eigenvalue weighted by Crippen LogP contribution is -2.39. The number of aromatic amines is 1. The Hall–Kier alpha value is -3.81. The first kappa shape index (κ1) is 21.1. The maximum absolute atomic E-state index is 14.1. The molecule has 1 saturated heterocycles. The predicted octanol–water partition coefficient (Wildman–Crippen LogP) is 4.95. The highest BCUT2D eigenvalue weighted by molar-refractivity contribution is 5.93. The molecular weight excluding hydrogens is 426 g/mol. The monoisotopic (exact) mass is 448 g/mol. The fraction of sp³-hybridized carbons (Fsp3) is 0.240. The third-order valence-electron chi connectivity index (χ3n) is 5.88. The zero-order chi connectivity index (χ0) is 22.8. The van der Waals surface area contributed by atoms with Crippen LogP contribution in [0.1, 0.15) is 46.5 Å². The first-order chi connectivity index (χ1) is 16.1. The van der Waals surface area contributed by atoms with Gasteiger partial charge in [0.15, 0.2) is 5.89 Å². The Morgan fingerprint density at radius 2 is 1.97 bits per heavy atom. The van der Waals surface area contributed by atoms with Crippen LogP contribution in [-0.2, 0) is 6.42 Å². The molecule has 0 radical (unpaired) electrons. The van der Waals surface area contributed by atoms with Crippen molar-refractivity contribution in [1.29, 1.82) is 0 Å². The van der Waals surface area contributed by atoms with Gasteiger partial charge in [0.25, 0.3) is 5.91 Å². The summed E-state index contributed by atoms with van der Waals surface area (Å²) in [6, 6.07) is 14.2. The molecule has 2 aromatic heterocycles. The van der Waals surface area contributed by atoms with E-state index in [1.165, 1.54) is 18.2 Å². The Morgan fingerprint density at radius 1 is 1.15 bits per heavy atom. The van der Waals surface area contributed by atoms with Gasteiger partial charge in [-0.05, 0) is 48.7 Å². The van der Waals surface area contributed by atoms with E-state index in [1.54, 1.807) is 47.5 Å². The molecule has 8 heteroatoms. The van der Waals surface area contributed by atoms with Crippen LogP contribution < -0.4 is 0 Å². The van der Waals surface area contributed by atoms with Crippen molar-refractivity contribution < 1.29 is 18.0 Å². The Balaban J connectivity index is 1.26. The van der Waals surface area contributed by atoms with E-state index in [2.05, 4.69) is 15.2 Å². The number of oxazole rings is 1. The highest BCUT2D eigenvalue weighted by atomic mass is 19.1. The smallest absolute Gasteiger partial charge is 0.271 e. The molecule has 6 nitrogen and oxygen atoms in total. The van der Waals surface area contributed by atoms with Gasteiger partial charge in [0.05, 0.1) is 17.8 Å². The van der Waals surface area contributed by atoms with Crippen LogP contribution in [-0.4, -0.2) is 39.1 Å². The van der Waals surface area contributed by atoms with Gasteiger partial charge >= 0.3 is 0 Å². The number of hydrogen-bond acceptors (Lipinski definition) is 4. The minimum absolute atomic E-state index is 0.0152. The number of nitrogens with one attached hydrogen (secondary N) is 1. The Kier molecular flexibility index (Phi) is 5.73. The number of carbonyl (C=O) groups is 1. The van der Waals surface area contributed by atoms with Crippen LogP contribution in [0.5, 0.6) is 0 Å². The van der Waals surface area contributed by atoms with Crippen molar-refractivity contribution in [2.75, 3.05) is 13.1 Å². The second kappa shape index (κ2) is 8.97. The summed E-state index contributed by atoms with van der Waals surface area (Å²) in [6.07, 6.45) is 3.90. The van der Waals surface area contributed by atoms with Gasteiger partial charge in [-0.1, -0.05) is 24.3 Å². The van der Waals surface area contributed by atoms with Crippen molar-refractivity contribution in [2.45, 2.75) is 25.2 Å². The number of carbonyl (C=O) groups excluding carboxylic acids is 1. The number of hydrogen-bond donors (Lipinski definition) is 1. The fourth-order valence-electron chi connectivity index (χ4n) is 4.17. The van der Waals surface area contributed by atoms with Crippen molar-refractivity contribution >= 4 is 5.91 Å². The molecule has 1 aliphatic rings. The average Bonchev–Trinajstić information content (AvgIpc) is 3.51. The molecule has 1 amide bonds. The maximum atomic E-state index is 14.1. The van der Waals surface area contributed by atoms with Gasteiger partial charge in [0.1, 0.15) is 23.1 Å². The summed E-state index contributed by atoms with van der Waals surface area (Å²) in [5.74, 6) is 0.430. The second-order valence-electron chi connectivity index (χ2n) is 8.21. The lowest BCUT2D eigenvalue weighted by molar-refractivity contribution is 0.0692. The summed E-state index contributed by atoms with van der Waals surface area (Å²) in [5, 5.41) is 6.87. The van der Waals surface area contributed by atoms with Crippen molar-refractivity contribution in [3.05, 3.63) is 95.3 Å². The standard InChI is InChI=1S/C25H22F2N4O2/c26-18-9-7-16(8-10-18)12-19-14-28-24(33-19)17-4-3-11-31(15-17)25(32)23-13-22(29-30-23)20-5-1-2-6-21(20)27/h1-2,5-10,13-14,17H,3-4,11-12,15H2,(H,29,30)/t17-/m1/s1. The molecule has 1 atom stereocenters. The molecule has 0 aliphatic carbocycles. The SMILES string of the molecule is O=C(c1cc(-c2ccccc2F)n[nH]1)N1CCC[C@@H](c2ncc(Cc3ccc(F)cc3)o2)C1. The Bertz CT molecular complexity index is 1270. The molecule has 1 N–H and O–H groups in total. The van der Waals surface area contributed by atoms with Gasteiger partial charge in [-0.2, -0.15) is 5.10 Å². The molecule has 0 bridgehead atoms. The minimum Gasteiger partial charge on any atom is -0.445 e. The number of halogens is 2. The number of likely N-dealkylation sites (tertiary alicyclic amines) is 1. The second-order valence-corrected chi connectivity index (χ2v) is 8.21. The van der Waals surface area contributed by atoms with Crippen LogP contribution in [0.2, 0.25) is 0 Å². The van der Waals surface area contributed by atoms with Gasteiger partial charge in [0.2, 0.25) is 0 Å². The van der Waals surface area contributed by atoms with Gasteiger partial charge in [-0.15, -0.1) is 0 Å². The molecule has 3 heterocycles. The normalized spacial score (nSPS) is 16.2. The molecule has 4 aromatic rings. The van der Waals surface area contributed by atoms with E-state index in [9.17, 15) is 13.6 Å². The molecule has 0 unspecified atom stereocenters. The fourth-order valence-corrected chi connectivity index (χ4v) is 4.17. The van der Waals surface area contributed by atoms with E-state index in [0.717, 1.165) is 18.4 Å². The van der Waals surface area contributed by atoms with Crippen LogP contribution in [0.4, 0.5) is 8.78 Å². The lowest BCUT2D eigenvalue weighted by Gasteiger charge is -2.30. The summed E-state index contributed by atoms with van der Waals surface area (Å²) in [5.41, 5.74) is 1.99. The summed E-state index contributed by atoms with van der Waals surface area (Å²) in [7, 11) is 0. The average molecular weight is 448 g/mol. The van der Waals surface area contributed by atoms with E-state index >= 15 is 0 Å². The van der Waals surface area contributed by atoms with Crippen LogP contribution in [0.3, 0.4) is 0 Å². The number of aromatic nitrogens is 3. The zero-order valence-corrected chi connectivity index (χ0v) is 17.8. The Labute approximate surface area is 189 Å². The molecule has 1 aliphatic heterocycles. The van der Waals surface area contributed by atoms with Gasteiger partial charge in [-0.3, -0.25) is 9.89 Å².